The van der Waals surface area contributed by atoms with Crippen molar-refractivity contribution in [3.8, 4) is 0 Å². The Bertz CT molecular complexity index is 107. The summed E-state index contributed by atoms with van der Waals surface area (Å²) in [6.07, 6.45) is 7.69. The van der Waals surface area contributed by atoms with Crippen molar-refractivity contribution in [1.29, 1.82) is 0 Å². The average Bonchev–Trinajstić information content (AvgIpc) is 1.86. The molecule has 0 aliphatic heterocycles. The Morgan fingerprint density at radius 1 is 1.83 bits per heavy atom. The van der Waals surface area contributed by atoms with Gasteiger partial charge < -0.3 is 2.85 Å². The molecule has 0 amide bonds. The second-order valence-corrected chi connectivity index (χ2v) is 2.90. The molecule has 0 aromatic carbocycles. The summed E-state index contributed by atoms with van der Waals surface area (Å²) in [6, 6.07) is 0. The zero-order valence-corrected chi connectivity index (χ0v) is 5.90. The molecule has 0 spiro atoms. The minimum absolute atomic E-state index is 0. The topological polar surface area (TPSA) is 0 Å². The summed E-state index contributed by atoms with van der Waals surface area (Å²) in [5, 5.41) is 0. The number of hydrogen-bond donors (Lipinski definition) is 0. The first-order valence-electron chi connectivity index (χ1n) is 1.97. The van der Waals surface area contributed by atoms with Crippen molar-refractivity contribution in [2.24, 2.45) is 0 Å². The van der Waals surface area contributed by atoms with Crippen LogP contribution in [0.15, 0.2) is 21.5 Å². The first-order chi connectivity index (χ1) is 2.89. The van der Waals surface area contributed by atoms with E-state index in [2.05, 4.69) is 18.2 Å². The molecule has 0 unspecified atom stereocenters. The molecule has 1 rings (SSSR count). The van der Waals surface area contributed by atoms with E-state index in [4.69, 9.17) is 0 Å². The molecular formula is C5H7Zr. The van der Waals surface area contributed by atoms with Crippen LogP contribution in [0.4, 0.5) is 0 Å². The Labute approximate surface area is 55.8 Å². The third-order valence-corrected chi connectivity index (χ3v) is 1.68. The van der Waals surface area contributed by atoms with E-state index in [-0.39, 0.29) is 2.85 Å². The molecule has 0 fully saturated rings. The molecule has 0 saturated heterocycles. The van der Waals surface area contributed by atoms with Crippen LogP contribution in [0.2, 0.25) is 0 Å². The molecule has 1 aliphatic rings. The molecule has 0 nitrogen and oxygen atoms in total. The van der Waals surface area contributed by atoms with Crippen LogP contribution in [0.1, 0.15) is 9.27 Å². The molecule has 31 valence electrons. The van der Waals surface area contributed by atoms with E-state index in [9.17, 15) is 0 Å². The van der Waals surface area contributed by atoms with Crippen molar-refractivity contribution in [1.82, 2.24) is 0 Å². The number of hydrogen-bond acceptors (Lipinski definition) is 0. The Morgan fingerprint density at radius 3 is 2.83 bits per heavy atom. The van der Waals surface area contributed by atoms with Gasteiger partial charge in [-0.1, -0.05) is 0 Å². The summed E-state index contributed by atoms with van der Waals surface area (Å²) < 4.78 is 1.56. The van der Waals surface area contributed by atoms with E-state index < -0.39 is 0 Å². The van der Waals surface area contributed by atoms with Crippen LogP contribution in [0.3, 0.4) is 0 Å². The Morgan fingerprint density at radius 2 is 2.67 bits per heavy atom. The fraction of sp³-hybridized carbons (Fsp3) is 0.200. The summed E-state index contributed by atoms with van der Waals surface area (Å²) in [5.41, 5.74) is 0. The van der Waals surface area contributed by atoms with Gasteiger partial charge in [0.2, 0.25) is 0 Å². The van der Waals surface area contributed by atoms with Crippen LogP contribution in [0.5, 0.6) is 0 Å². The molecule has 0 heterocycles. The summed E-state index contributed by atoms with van der Waals surface area (Å²) in [4.78, 5) is 0. The van der Waals surface area contributed by atoms with Crippen molar-refractivity contribution in [3.05, 3.63) is 21.5 Å². The molecule has 0 radical (unpaired) electrons. The van der Waals surface area contributed by atoms with E-state index in [1.54, 1.807) is 28.0 Å². The van der Waals surface area contributed by atoms with E-state index in [0.717, 1.165) is 0 Å². The zero-order valence-electron chi connectivity index (χ0n) is 5.44. The van der Waals surface area contributed by atoms with Gasteiger partial charge in [0.1, 0.15) is 0 Å². The monoisotopic (exact) mass is 157 g/mol. The molecule has 0 aromatic rings. The molecule has 0 saturated carbocycles. The van der Waals surface area contributed by atoms with Crippen LogP contribution in [-0.2, 0) is 24.7 Å². The van der Waals surface area contributed by atoms with E-state index in [0.29, 0.717) is 0 Å². The van der Waals surface area contributed by atoms with Crippen LogP contribution in [0.25, 0.3) is 0 Å². The Kier molecular flexibility index (Phi) is 1.42. The standard InChI is InChI=1S/C5H5.Zr.2H/c1-2-4-5-3-1;;;/h1-3H,4H2;;;/q;+2;2*-1. The van der Waals surface area contributed by atoms with Crippen molar-refractivity contribution < 1.29 is 27.6 Å². The Balaban J connectivity index is 0. The number of rotatable bonds is 0. The molecule has 1 aliphatic carbocycles. The van der Waals surface area contributed by atoms with Gasteiger partial charge in [0.25, 0.3) is 0 Å². The van der Waals surface area contributed by atoms with Gasteiger partial charge in [-0.15, -0.1) is 0 Å². The van der Waals surface area contributed by atoms with E-state index in [1.807, 2.05) is 0 Å². The molecule has 0 aromatic heterocycles. The van der Waals surface area contributed by atoms with Crippen molar-refractivity contribution in [3.63, 3.8) is 0 Å². The first-order valence-corrected chi connectivity index (χ1v) is 3.20. The van der Waals surface area contributed by atoms with E-state index in [1.165, 1.54) is 6.42 Å². The summed E-state index contributed by atoms with van der Waals surface area (Å²) >= 11 is 1.56. The Hall–Kier alpha value is 0.363. The van der Waals surface area contributed by atoms with Gasteiger partial charge in [0, 0.05) is 0 Å². The van der Waals surface area contributed by atoms with Gasteiger partial charge in [0.05, 0.1) is 0 Å². The molecular weight excluding hydrogens is 151 g/mol. The second kappa shape index (κ2) is 1.88. The fourth-order valence-corrected chi connectivity index (χ4v) is 0.973. The number of allylic oxidation sites excluding steroid dienone is 4. The normalized spacial score (nSPS) is 18.7. The SMILES string of the molecule is [H-].[H-].[Zr+2][C]1=CC=CC1. The predicted octanol–water partition coefficient (Wildman–Crippen LogP) is 1.60. The van der Waals surface area contributed by atoms with Gasteiger partial charge in [-0.3, -0.25) is 0 Å². The second-order valence-electron chi connectivity index (χ2n) is 1.32. The van der Waals surface area contributed by atoms with Crippen molar-refractivity contribution >= 4 is 0 Å². The maximum atomic E-state index is 2.18. The van der Waals surface area contributed by atoms with E-state index >= 15 is 0 Å². The summed E-state index contributed by atoms with van der Waals surface area (Å²) in [7, 11) is 0. The van der Waals surface area contributed by atoms with Crippen LogP contribution in [0, 0.1) is 0 Å². The van der Waals surface area contributed by atoms with Crippen molar-refractivity contribution in [2.45, 2.75) is 6.42 Å². The molecule has 0 atom stereocenters. The molecule has 0 bridgehead atoms. The predicted molar refractivity (Wildman–Crippen MR) is 24.1 cm³/mol. The van der Waals surface area contributed by atoms with Gasteiger partial charge in [-0.05, 0) is 0 Å². The summed E-state index contributed by atoms with van der Waals surface area (Å²) in [6.45, 7) is 0. The fourth-order valence-electron chi connectivity index (χ4n) is 0.447. The van der Waals surface area contributed by atoms with Gasteiger partial charge >= 0.3 is 52.6 Å². The van der Waals surface area contributed by atoms with Gasteiger partial charge in [-0.2, -0.15) is 0 Å². The van der Waals surface area contributed by atoms with Crippen LogP contribution < -0.4 is 0 Å². The maximum absolute atomic E-state index is 2.18. The van der Waals surface area contributed by atoms with Crippen LogP contribution in [-0.4, -0.2) is 0 Å². The van der Waals surface area contributed by atoms with Crippen LogP contribution >= 0.6 is 0 Å². The first kappa shape index (κ1) is 4.52. The van der Waals surface area contributed by atoms with Crippen molar-refractivity contribution in [2.75, 3.05) is 0 Å². The van der Waals surface area contributed by atoms with Gasteiger partial charge in [-0.25, -0.2) is 0 Å². The molecule has 0 N–H and O–H groups in total. The third-order valence-electron chi connectivity index (χ3n) is 0.771. The molecule has 6 heavy (non-hydrogen) atoms. The summed E-state index contributed by atoms with van der Waals surface area (Å²) in [5.74, 6) is 0. The third kappa shape index (κ3) is 0.910. The van der Waals surface area contributed by atoms with Gasteiger partial charge in [0.15, 0.2) is 0 Å². The average molecular weight is 158 g/mol. The molecule has 1 heteroatoms. The minimum atomic E-state index is 0. The zero-order chi connectivity index (χ0) is 4.41. The quantitative estimate of drug-likeness (QED) is 0.502.